The molecule has 0 bridgehead atoms. The molecular weight excluding hydrogens is 805 g/mol. The molecule has 0 rings (SSSR count). The van der Waals surface area contributed by atoms with Gasteiger partial charge in [-0.2, -0.15) is 0 Å². The van der Waals surface area contributed by atoms with E-state index in [0.29, 0.717) is 19.3 Å². The number of allylic oxidation sites excluding steroid dienone is 16. The van der Waals surface area contributed by atoms with Crippen LogP contribution in [0, 0.1) is 0 Å². The van der Waals surface area contributed by atoms with E-state index in [1.165, 1.54) is 64.2 Å². The molecule has 0 saturated carbocycles. The molecule has 0 radical (unpaired) electrons. The number of carbonyl (C=O) groups excluding carboxylic acids is 3. The first-order valence-corrected chi connectivity index (χ1v) is 26.7. The van der Waals surface area contributed by atoms with E-state index < -0.39 is 6.10 Å². The highest BCUT2D eigenvalue weighted by Gasteiger charge is 2.19. The zero-order chi connectivity index (χ0) is 47.2. The zero-order valence-corrected chi connectivity index (χ0v) is 42.2. The summed E-state index contributed by atoms with van der Waals surface area (Å²) < 4.78 is 16.8. The van der Waals surface area contributed by atoms with E-state index >= 15 is 0 Å². The van der Waals surface area contributed by atoms with Crippen LogP contribution in [0.3, 0.4) is 0 Å². The largest absolute Gasteiger partial charge is 0.462 e. The Balaban J connectivity index is 4.42. The molecule has 0 aliphatic carbocycles. The van der Waals surface area contributed by atoms with Crippen molar-refractivity contribution in [2.24, 2.45) is 0 Å². The SMILES string of the molecule is CC/C=C\C/C=C\C/C=C\C/C=C\CCCCCCCCC(=O)OCC(COC(=O)CCCCCCCCC/C=C\C/C=C\CC)OC(=O)CCCCCCCCC/C=C\C/C=C\CC. The van der Waals surface area contributed by atoms with Gasteiger partial charge >= 0.3 is 17.9 Å². The third-order valence-electron chi connectivity index (χ3n) is 11.1. The number of unbranched alkanes of at least 4 members (excludes halogenated alkanes) is 20. The molecule has 0 aromatic rings. The van der Waals surface area contributed by atoms with Crippen molar-refractivity contribution >= 4 is 17.9 Å². The summed E-state index contributed by atoms with van der Waals surface area (Å²) >= 11 is 0. The minimum atomic E-state index is -0.792. The third-order valence-corrected chi connectivity index (χ3v) is 11.1. The van der Waals surface area contributed by atoms with Crippen LogP contribution < -0.4 is 0 Å². The molecule has 0 spiro atoms. The molecule has 1 unspecified atom stereocenters. The van der Waals surface area contributed by atoms with Crippen LogP contribution >= 0.6 is 0 Å². The van der Waals surface area contributed by atoms with E-state index in [4.69, 9.17) is 14.2 Å². The molecule has 0 fully saturated rings. The van der Waals surface area contributed by atoms with Gasteiger partial charge < -0.3 is 14.2 Å². The molecule has 0 saturated heterocycles. The van der Waals surface area contributed by atoms with Crippen molar-refractivity contribution in [3.05, 3.63) is 97.2 Å². The van der Waals surface area contributed by atoms with Gasteiger partial charge in [0.15, 0.2) is 6.10 Å². The molecule has 0 aromatic heterocycles. The van der Waals surface area contributed by atoms with Gasteiger partial charge in [0, 0.05) is 19.3 Å². The van der Waals surface area contributed by atoms with Crippen molar-refractivity contribution in [2.75, 3.05) is 13.2 Å². The monoisotopic (exact) mass is 903 g/mol. The fraction of sp³-hybridized carbons (Fsp3) is 0.678. The summed E-state index contributed by atoms with van der Waals surface area (Å²) in [6, 6.07) is 0. The Labute approximate surface area is 400 Å². The van der Waals surface area contributed by atoms with Crippen molar-refractivity contribution in [2.45, 2.75) is 245 Å². The number of esters is 3. The van der Waals surface area contributed by atoms with E-state index in [-0.39, 0.29) is 31.1 Å². The smallest absolute Gasteiger partial charge is 0.306 e. The van der Waals surface area contributed by atoms with Gasteiger partial charge in [0.25, 0.3) is 0 Å². The zero-order valence-electron chi connectivity index (χ0n) is 42.2. The Morgan fingerprint density at radius 1 is 0.308 bits per heavy atom. The standard InChI is InChI=1S/C59H98O6/c1-4-7-10-13-16-19-22-25-28-29-30-31-32-35-37-40-43-46-49-52-58(61)64-55-56(65-59(62)53-50-47-44-41-38-34-27-24-21-18-15-12-9-6-3)54-63-57(60)51-48-45-42-39-36-33-26-23-20-17-14-11-8-5-2/h7-12,16-21,25,28,30-31,56H,4-6,13-15,22-24,26-27,29,32-55H2,1-3H3/b10-7-,11-8-,12-9-,19-16-,20-17-,21-18-,28-25-,31-30-. The second-order valence-electron chi connectivity index (χ2n) is 17.3. The average Bonchev–Trinajstić information content (AvgIpc) is 3.30. The van der Waals surface area contributed by atoms with Crippen LogP contribution in [0.25, 0.3) is 0 Å². The van der Waals surface area contributed by atoms with E-state index in [0.717, 1.165) is 135 Å². The Morgan fingerprint density at radius 2 is 0.554 bits per heavy atom. The molecule has 1 atom stereocenters. The van der Waals surface area contributed by atoms with E-state index in [1.54, 1.807) is 0 Å². The lowest BCUT2D eigenvalue weighted by atomic mass is 10.1. The lowest BCUT2D eigenvalue weighted by molar-refractivity contribution is -0.167. The summed E-state index contributed by atoms with van der Waals surface area (Å²) in [6.45, 7) is 6.29. The predicted octanol–water partition coefficient (Wildman–Crippen LogP) is 17.8. The van der Waals surface area contributed by atoms with Crippen LogP contribution in [-0.4, -0.2) is 37.2 Å². The highest BCUT2D eigenvalue weighted by atomic mass is 16.6. The Hall–Kier alpha value is -3.67. The van der Waals surface area contributed by atoms with E-state index in [9.17, 15) is 14.4 Å². The van der Waals surface area contributed by atoms with Gasteiger partial charge in [-0.3, -0.25) is 14.4 Å². The summed E-state index contributed by atoms with van der Waals surface area (Å²) in [6.07, 6.45) is 69.6. The first-order chi connectivity index (χ1) is 32.0. The molecule has 0 N–H and O–H groups in total. The summed E-state index contributed by atoms with van der Waals surface area (Å²) in [5, 5.41) is 0. The fourth-order valence-electron chi connectivity index (χ4n) is 7.16. The first kappa shape index (κ1) is 61.3. The minimum absolute atomic E-state index is 0.0905. The topological polar surface area (TPSA) is 78.9 Å². The molecule has 0 heterocycles. The molecule has 65 heavy (non-hydrogen) atoms. The molecule has 0 aliphatic heterocycles. The molecular formula is C59H98O6. The Bertz CT molecular complexity index is 1310. The van der Waals surface area contributed by atoms with Crippen LogP contribution in [-0.2, 0) is 28.6 Å². The lowest BCUT2D eigenvalue weighted by Crippen LogP contribution is -2.30. The Morgan fingerprint density at radius 3 is 0.862 bits per heavy atom. The predicted molar refractivity (Wildman–Crippen MR) is 279 cm³/mol. The van der Waals surface area contributed by atoms with Gasteiger partial charge in [0.1, 0.15) is 13.2 Å². The number of carbonyl (C=O) groups is 3. The highest BCUT2D eigenvalue weighted by molar-refractivity contribution is 5.71. The van der Waals surface area contributed by atoms with Crippen molar-refractivity contribution in [3.63, 3.8) is 0 Å². The molecule has 6 heteroatoms. The molecule has 0 aliphatic rings. The minimum Gasteiger partial charge on any atom is -0.462 e. The quantitative estimate of drug-likeness (QED) is 0.0262. The summed E-state index contributed by atoms with van der Waals surface area (Å²) in [7, 11) is 0. The van der Waals surface area contributed by atoms with Gasteiger partial charge in [-0.15, -0.1) is 0 Å². The number of rotatable bonds is 47. The molecule has 6 nitrogen and oxygen atoms in total. The second-order valence-corrected chi connectivity index (χ2v) is 17.3. The maximum atomic E-state index is 12.8. The average molecular weight is 903 g/mol. The fourth-order valence-corrected chi connectivity index (χ4v) is 7.16. The number of hydrogen-bond donors (Lipinski definition) is 0. The lowest BCUT2D eigenvalue weighted by Gasteiger charge is -2.18. The highest BCUT2D eigenvalue weighted by Crippen LogP contribution is 2.14. The molecule has 370 valence electrons. The summed E-state index contributed by atoms with van der Waals surface area (Å²) in [5.74, 6) is -0.922. The van der Waals surface area contributed by atoms with Crippen LogP contribution in [0.1, 0.15) is 239 Å². The molecule has 0 aromatic carbocycles. The summed E-state index contributed by atoms with van der Waals surface area (Å²) in [4.78, 5) is 38.1. The van der Waals surface area contributed by atoms with Crippen LogP contribution in [0.2, 0.25) is 0 Å². The van der Waals surface area contributed by atoms with Crippen LogP contribution in [0.4, 0.5) is 0 Å². The number of ether oxygens (including phenoxy) is 3. The van der Waals surface area contributed by atoms with Crippen molar-refractivity contribution in [1.82, 2.24) is 0 Å². The van der Waals surface area contributed by atoms with Crippen molar-refractivity contribution in [1.29, 1.82) is 0 Å². The maximum absolute atomic E-state index is 12.8. The third kappa shape index (κ3) is 51.2. The maximum Gasteiger partial charge on any atom is 0.306 e. The first-order valence-electron chi connectivity index (χ1n) is 26.7. The van der Waals surface area contributed by atoms with Crippen molar-refractivity contribution < 1.29 is 28.6 Å². The van der Waals surface area contributed by atoms with Gasteiger partial charge in [0.05, 0.1) is 0 Å². The number of hydrogen-bond acceptors (Lipinski definition) is 6. The Kier molecular flexibility index (Phi) is 50.0. The van der Waals surface area contributed by atoms with E-state index in [1.807, 2.05) is 0 Å². The van der Waals surface area contributed by atoms with Gasteiger partial charge in [0.2, 0.25) is 0 Å². The summed E-state index contributed by atoms with van der Waals surface area (Å²) in [5.41, 5.74) is 0. The molecule has 0 amide bonds. The van der Waals surface area contributed by atoms with Gasteiger partial charge in [-0.25, -0.2) is 0 Å². The van der Waals surface area contributed by atoms with Gasteiger partial charge in [-0.1, -0.05) is 208 Å². The van der Waals surface area contributed by atoms with Crippen molar-refractivity contribution in [3.8, 4) is 0 Å². The van der Waals surface area contributed by atoms with Gasteiger partial charge in [-0.05, 0) is 109 Å². The second kappa shape index (κ2) is 52.9. The normalized spacial score (nSPS) is 12.8. The van der Waals surface area contributed by atoms with Crippen LogP contribution in [0.15, 0.2) is 97.2 Å². The van der Waals surface area contributed by atoms with Crippen LogP contribution in [0.5, 0.6) is 0 Å². The van der Waals surface area contributed by atoms with E-state index in [2.05, 4.69) is 118 Å².